The predicted molar refractivity (Wildman–Crippen MR) is 83.1 cm³/mol. The first-order valence-electron chi connectivity index (χ1n) is 6.52. The highest BCUT2D eigenvalue weighted by Crippen LogP contribution is 2.34. The monoisotopic (exact) mass is 353 g/mol. The van der Waals surface area contributed by atoms with Gasteiger partial charge in [-0.05, 0) is 61.3 Å². The van der Waals surface area contributed by atoms with Gasteiger partial charge in [-0.2, -0.15) is 0 Å². The molecule has 2 rings (SSSR count). The minimum atomic E-state index is -0.987. The fourth-order valence-corrected chi connectivity index (χ4v) is 2.32. The third-order valence-corrected chi connectivity index (χ3v) is 3.82. The quantitative estimate of drug-likeness (QED) is 0.875. The van der Waals surface area contributed by atoms with Crippen molar-refractivity contribution in [1.29, 1.82) is 0 Å². The van der Waals surface area contributed by atoms with Crippen molar-refractivity contribution in [2.75, 3.05) is 0 Å². The molecule has 1 N–H and O–H groups in total. The van der Waals surface area contributed by atoms with E-state index < -0.39 is 5.60 Å². The maximum Gasteiger partial charge on any atom is 0.233 e. The number of rotatable bonds is 3. The van der Waals surface area contributed by atoms with Crippen molar-refractivity contribution in [2.45, 2.75) is 33.3 Å². The van der Waals surface area contributed by atoms with Crippen molar-refractivity contribution in [1.82, 2.24) is 4.98 Å². The highest BCUT2D eigenvalue weighted by Gasteiger charge is 2.19. The van der Waals surface area contributed by atoms with Gasteiger partial charge in [-0.1, -0.05) is 6.07 Å². The molecule has 0 saturated heterocycles. The Balaban J connectivity index is 2.40. The molecule has 112 valence electrons. The van der Waals surface area contributed by atoms with Crippen LogP contribution in [0.2, 0.25) is 0 Å². The molecule has 0 fully saturated rings. The Morgan fingerprint density at radius 2 is 1.95 bits per heavy atom. The fraction of sp³-hybridized carbons (Fsp3) is 0.312. The average molecular weight is 354 g/mol. The lowest BCUT2D eigenvalue weighted by molar-refractivity contribution is 0.0781. The molecule has 0 spiro atoms. The van der Waals surface area contributed by atoms with Crippen LogP contribution in [0.15, 0.2) is 28.9 Å². The lowest BCUT2D eigenvalue weighted by Gasteiger charge is -2.19. The molecule has 0 radical (unpaired) electrons. The second-order valence-corrected chi connectivity index (χ2v) is 6.34. The van der Waals surface area contributed by atoms with Crippen LogP contribution in [-0.4, -0.2) is 10.1 Å². The Bertz CT molecular complexity index is 681. The smallest absolute Gasteiger partial charge is 0.233 e. The third-order valence-electron chi connectivity index (χ3n) is 3.25. The van der Waals surface area contributed by atoms with Gasteiger partial charge in [-0.3, -0.25) is 0 Å². The second-order valence-electron chi connectivity index (χ2n) is 5.49. The maximum absolute atomic E-state index is 13.6. The summed E-state index contributed by atoms with van der Waals surface area (Å²) in [5.74, 6) is 0.471. The van der Waals surface area contributed by atoms with Crippen LogP contribution in [0.5, 0.6) is 11.6 Å². The molecule has 0 unspecified atom stereocenters. The molecule has 0 aliphatic rings. The topological polar surface area (TPSA) is 42.4 Å². The number of hydrogen-bond donors (Lipinski definition) is 1. The molecule has 0 amide bonds. The van der Waals surface area contributed by atoms with E-state index in [-0.39, 0.29) is 5.82 Å². The van der Waals surface area contributed by atoms with Gasteiger partial charge in [0, 0.05) is 17.3 Å². The molecule has 0 saturated carbocycles. The van der Waals surface area contributed by atoms with Gasteiger partial charge in [0.15, 0.2) is 0 Å². The first kappa shape index (κ1) is 15.9. The highest BCUT2D eigenvalue weighted by atomic mass is 79.9. The van der Waals surface area contributed by atoms with E-state index in [2.05, 4.69) is 20.9 Å². The van der Waals surface area contributed by atoms with Gasteiger partial charge in [0.2, 0.25) is 5.88 Å². The van der Waals surface area contributed by atoms with Gasteiger partial charge in [-0.15, -0.1) is 0 Å². The molecule has 1 aromatic carbocycles. The molecular weight excluding hydrogens is 337 g/mol. The molecule has 21 heavy (non-hydrogen) atoms. The van der Waals surface area contributed by atoms with E-state index in [1.54, 1.807) is 39.1 Å². The standard InChI is InChI=1S/C16H17BrFNO2/c1-9-5-6-13(18)10(2)14(9)21-15-12(17)7-11(8-19-15)16(3,4)20/h5-8,20H,1-4H3. The van der Waals surface area contributed by atoms with E-state index in [0.717, 1.165) is 5.56 Å². The molecule has 0 aliphatic carbocycles. The van der Waals surface area contributed by atoms with Crippen LogP contribution in [0.4, 0.5) is 4.39 Å². The van der Waals surface area contributed by atoms with Gasteiger partial charge in [0.05, 0.1) is 10.1 Å². The van der Waals surface area contributed by atoms with Crippen molar-refractivity contribution in [3.63, 3.8) is 0 Å². The number of pyridine rings is 1. The zero-order chi connectivity index (χ0) is 15.8. The zero-order valence-corrected chi connectivity index (χ0v) is 14.0. The van der Waals surface area contributed by atoms with Crippen LogP contribution in [0.25, 0.3) is 0 Å². The van der Waals surface area contributed by atoms with Crippen LogP contribution in [0.3, 0.4) is 0 Å². The number of benzene rings is 1. The van der Waals surface area contributed by atoms with Crippen molar-refractivity contribution in [2.24, 2.45) is 0 Å². The lowest BCUT2D eigenvalue weighted by Crippen LogP contribution is -2.15. The fourth-order valence-electron chi connectivity index (χ4n) is 1.89. The summed E-state index contributed by atoms with van der Waals surface area (Å²) in [6, 6.07) is 4.82. The van der Waals surface area contributed by atoms with Crippen LogP contribution >= 0.6 is 15.9 Å². The number of nitrogens with zero attached hydrogens (tertiary/aromatic N) is 1. The second kappa shape index (κ2) is 5.73. The molecular formula is C16H17BrFNO2. The molecule has 2 aromatic rings. The van der Waals surface area contributed by atoms with Crippen molar-refractivity contribution < 1.29 is 14.2 Å². The Hall–Kier alpha value is -1.46. The van der Waals surface area contributed by atoms with E-state index in [1.807, 2.05) is 6.92 Å². The van der Waals surface area contributed by atoms with E-state index >= 15 is 0 Å². The summed E-state index contributed by atoms with van der Waals surface area (Å²) in [7, 11) is 0. The van der Waals surface area contributed by atoms with E-state index in [9.17, 15) is 9.50 Å². The summed E-state index contributed by atoms with van der Waals surface area (Å²) in [4.78, 5) is 4.20. The Morgan fingerprint density at radius 3 is 2.52 bits per heavy atom. The van der Waals surface area contributed by atoms with Gasteiger partial charge in [0.25, 0.3) is 0 Å². The largest absolute Gasteiger partial charge is 0.437 e. The molecule has 5 heteroatoms. The summed E-state index contributed by atoms with van der Waals surface area (Å²) < 4.78 is 20.0. The minimum absolute atomic E-state index is 0.320. The molecule has 1 heterocycles. The number of aryl methyl sites for hydroxylation is 1. The number of aliphatic hydroxyl groups is 1. The predicted octanol–water partition coefficient (Wildman–Crippen LogP) is 4.62. The van der Waals surface area contributed by atoms with Crippen molar-refractivity contribution in [3.05, 3.63) is 51.4 Å². The van der Waals surface area contributed by atoms with Crippen LogP contribution in [-0.2, 0) is 5.60 Å². The summed E-state index contributed by atoms with van der Waals surface area (Å²) in [6.07, 6.45) is 1.55. The average Bonchev–Trinajstić information content (AvgIpc) is 2.39. The van der Waals surface area contributed by atoms with Crippen molar-refractivity contribution >= 4 is 15.9 Å². The SMILES string of the molecule is Cc1ccc(F)c(C)c1Oc1ncc(C(C)(C)O)cc1Br. The molecule has 0 aliphatic heterocycles. The maximum atomic E-state index is 13.6. The van der Waals surface area contributed by atoms with E-state index in [0.29, 0.717) is 27.2 Å². The summed E-state index contributed by atoms with van der Waals surface area (Å²) in [5, 5.41) is 9.97. The summed E-state index contributed by atoms with van der Waals surface area (Å²) >= 11 is 3.37. The summed E-state index contributed by atoms with van der Waals surface area (Å²) in [5.41, 5.74) is 0.942. The van der Waals surface area contributed by atoms with Crippen LogP contribution in [0, 0.1) is 19.7 Å². The Labute approximate surface area is 131 Å². The summed E-state index contributed by atoms with van der Waals surface area (Å²) in [6.45, 7) is 6.87. The van der Waals surface area contributed by atoms with E-state index in [1.165, 1.54) is 6.07 Å². The molecule has 1 aromatic heterocycles. The van der Waals surface area contributed by atoms with Crippen LogP contribution in [0.1, 0.15) is 30.5 Å². The first-order valence-corrected chi connectivity index (χ1v) is 7.31. The Kier molecular flexibility index (Phi) is 4.35. The zero-order valence-electron chi connectivity index (χ0n) is 12.4. The van der Waals surface area contributed by atoms with E-state index in [4.69, 9.17) is 4.74 Å². The third kappa shape index (κ3) is 3.41. The van der Waals surface area contributed by atoms with Crippen molar-refractivity contribution in [3.8, 4) is 11.6 Å². The minimum Gasteiger partial charge on any atom is -0.437 e. The number of ether oxygens (including phenoxy) is 1. The normalized spacial score (nSPS) is 11.6. The van der Waals surface area contributed by atoms with Gasteiger partial charge < -0.3 is 9.84 Å². The number of hydrogen-bond acceptors (Lipinski definition) is 3. The van der Waals surface area contributed by atoms with Crippen LogP contribution < -0.4 is 4.74 Å². The molecule has 0 bridgehead atoms. The number of halogens is 2. The molecule has 3 nitrogen and oxygen atoms in total. The Morgan fingerprint density at radius 1 is 1.29 bits per heavy atom. The lowest BCUT2D eigenvalue weighted by atomic mass is 10.0. The molecule has 0 atom stereocenters. The van der Waals surface area contributed by atoms with Gasteiger partial charge in [-0.25, -0.2) is 9.37 Å². The van der Waals surface area contributed by atoms with Gasteiger partial charge >= 0.3 is 0 Å². The van der Waals surface area contributed by atoms with Gasteiger partial charge in [0.1, 0.15) is 11.6 Å². The highest BCUT2D eigenvalue weighted by molar-refractivity contribution is 9.10. The first-order chi connectivity index (χ1) is 9.70. The number of aromatic nitrogens is 1.